The van der Waals surface area contributed by atoms with E-state index >= 15 is 0 Å². The van der Waals surface area contributed by atoms with Crippen LogP contribution in [0.5, 0.6) is 5.75 Å². The van der Waals surface area contributed by atoms with E-state index < -0.39 is 5.91 Å². The summed E-state index contributed by atoms with van der Waals surface area (Å²) >= 11 is 0. The molecular formula is C24H20N6O3. The van der Waals surface area contributed by atoms with Crippen LogP contribution in [0.15, 0.2) is 78.9 Å². The van der Waals surface area contributed by atoms with Crippen LogP contribution in [-0.2, 0) is 11.3 Å². The van der Waals surface area contributed by atoms with Gasteiger partial charge in [-0.3, -0.25) is 14.5 Å². The summed E-state index contributed by atoms with van der Waals surface area (Å²) in [5, 5.41) is 12.4. The molecule has 0 saturated heterocycles. The van der Waals surface area contributed by atoms with Gasteiger partial charge in [-0.1, -0.05) is 54.6 Å². The summed E-state index contributed by atoms with van der Waals surface area (Å²) in [6, 6.07) is 23.5. The number of nitrogens with two attached hydrogens (primary N) is 1. The topological polar surface area (TPSA) is 116 Å². The molecule has 0 spiro atoms. The Morgan fingerprint density at radius 1 is 0.970 bits per heavy atom. The Morgan fingerprint density at radius 2 is 1.70 bits per heavy atom. The van der Waals surface area contributed by atoms with Crippen LogP contribution >= 0.6 is 0 Å². The number of carbonyl (C=O) groups excluding carboxylic acids is 2. The highest BCUT2D eigenvalue weighted by molar-refractivity contribution is 5.96. The first-order valence-corrected chi connectivity index (χ1v) is 10.4. The molecule has 1 atom stereocenters. The molecule has 0 radical (unpaired) electrons. The molecule has 1 aromatic heterocycles. The zero-order valence-electron chi connectivity index (χ0n) is 17.5. The molecule has 33 heavy (non-hydrogen) atoms. The summed E-state index contributed by atoms with van der Waals surface area (Å²) < 4.78 is 5.93. The lowest BCUT2D eigenvalue weighted by atomic mass is 10.0. The number of hydrogen-bond acceptors (Lipinski definition) is 6. The Morgan fingerprint density at radius 3 is 2.45 bits per heavy atom. The smallest absolute Gasteiger partial charge is 0.251 e. The number of aromatic nitrogens is 4. The van der Waals surface area contributed by atoms with E-state index in [9.17, 15) is 9.59 Å². The van der Waals surface area contributed by atoms with Gasteiger partial charge in [0.15, 0.2) is 0 Å². The number of tetrazole rings is 1. The standard InChI is InChI=1S/C24H20N6O3/c25-23(32)17-10-12-18(13-11-17)24-26-28-29(27-24)14-22(31)30-19-8-4-5-9-21(19)33-15-20(30)16-6-2-1-3-7-16/h1-13,20H,14-15H2,(H2,25,32). The van der Waals surface area contributed by atoms with Crippen molar-refractivity contribution < 1.29 is 14.3 Å². The molecule has 9 heteroatoms. The van der Waals surface area contributed by atoms with Crippen molar-refractivity contribution in [3.63, 3.8) is 0 Å². The van der Waals surface area contributed by atoms with Crippen LogP contribution in [0.2, 0.25) is 0 Å². The fourth-order valence-corrected chi connectivity index (χ4v) is 3.82. The fraction of sp³-hybridized carbons (Fsp3) is 0.125. The Bertz CT molecular complexity index is 1300. The lowest BCUT2D eigenvalue weighted by Crippen LogP contribution is -2.43. The van der Waals surface area contributed by atoms with E-state index in [1.54, 1.807) is 29.2 Å². The van der Waals surface area contributed by atoms with E-state index in [1.165, 1.54) is 4.80 Å². The van der Waals surface area contributed by atoms with Gasteiger partial charge in [0.25, 0.3) is 5.91 Å². The van der Waals surface area contributed by atoms with E-state index in [1.807, 2.05) is 54.6 Å². The van der Waals surface area contributed by atoms with Crippen LogP contribution in [0.3, 0.4) is 0 Å². The highest BCUT2D eigenvalue weighted by atomic mass is 16.5. The van der Waals surface area contributed by atoms with Crippen LogP contribution in [0.4, 0.5) is 5.69 Å². The number of carbonyl (C=O) groups is 2. The average molecular weight is 440 g/mol. The van der Waals surface area contributed by atoms with Gasteiger partial charge in [0, 0.05) is 11.1 Å². The number of primary amides is 1. The van der Waals surface area contributed by atoms with Crippen molar-refractivity contribution >= 4 is 17.5 Å². The van der Waals surface area contributed by atoms with Gasteiger partial charge < -0.3 is 10.5 Å². The first kappa shape index (κ1) is 20.4. The molecule has 2 amide bonds. The summed E-state index contributed by atoms with van der Waals surface area (Å²) in [4.78, 5) is 27.7. The molecule has 3 aromatic carbocycles. The van der Waals surface area contributed by atoms with Crippen LogP contribution in [0.1, 0.15) is 22.0 Å². The number of benzene rings is 3. The maximum absolute atomic E-state index is 13.5. The lowest BCUT2D eigenvalue weighted by Gasteiger charge is -2.37. The molecular weight excluding hydrogens is 420 g/mol. The Hall–Kier alpha value is -4.53. The highest BCUT2D eigenvalue weighted by Crippen LogP contribution is 2.39. The monoisotopic (exact) mass is 440 g/mol. The van der Waals surface area contributed by atoms with Gasteiger partial charge >= 0.3 is 0 Å². The summed E-state index contributed by atoms with van der Waals surface area (Å²) in [7, 11) is 0. The largest absolute Gasteiger partial charge is 0.489 e. The third kappa shape index (κ3) is 4.03. The van der Waals surface area contributed by atoms with Gasteiger partial charge in [-0.2, -0.15) is 4.80 Å². The van der Waals surface area contributed by atoms with E-state index in [2.05, 4.69) is 15.4 Å². The number of hydrogen-bond donors (Lipinski definition) is 1. The third-order valence-corrected chi connectivity index (χ3v) is 5.44. The highest BCUT2D eigenvalue weighted by Gasteiger charge is 2.33. The first-order chi connectivity index (χ1) is 16.1. The van der Waals surface area contributed by atoms with E-state index in [0.29, 0.717) is 35.0 Å². The number of rotatable bonds is 5. The molecule has 0 saturated carbocycles. The number of nitrogens with zero attached hydrogens (tertiary/aromatic N) is 5. The molecule has 0 fully saturated rings. The van der Waals surface area contributed by atoms with Crippen molar-refractivity contribution in [2.24, 2.45) is 5.73 Å². The Kier molecular flexibility index (Phi) is 5.27. The van der Waals surface area contributed by atoms with Gasteiger partial charge in [0.05, 0.1) is 11.7 Å². The van der Waals surface area contributed by atoms with Crippen LogP contribution in [0, 0.1) is 0 Å². The van der Waals surface area contributed by atoms with Gasteiger partial charge in [-0.25, -0.2) is 0 Å². The van der Waals surface area contributed by atoms with Crippen molar-refractivity contribution in [1.29, 1.82) is 0 Å². The second-order valence-electron chi connectivity index (χ2n) is 7.55. The molecule has 1 aliphatic rings. The molecule has 5 rings (SSSR count). The molecule has 2 N–H and O–H groups in total. The van der Waals surface area contributed by atoms with E-state index in [4.69, 9.17) is 10.5 Å². The molecule has 4 aromatic rings. The van der Waals surface area contributed by atoms with Gasteiger partial charge in [0.2, 0.25) is 11.7 Å². The zero-order chi connectivity index (χ0) is 22.8. The maximum atomic E-state index is 13.5. The fourth-order valence-electron chi connectivity index (χ4n) is 3.82. The molecule has 9 nitrogen and oxygen atoms in total. The zero-order valence-corrected chi connectivity index (χ0v) is 17.5. The van der Waals surface area contributed by atoms with Crippen molar-refractivity contribution in [3.8, 4) is 17.1 Å². The summed E-state index contributed by atoms with van der Waals surface area (Å²) in [6.07, 6.45) is 0. The third-order valence-electron chi connectivity index (χ3n) is 5.44. The van der Waals surface area contributed by atoms with Crippen molar-refractivity contribution in [2.45, 2.75) is 12.6 Å². The van der Waals surface area contributed by atoms with Crippen LogP contribution < -0.4 is 15.4 Å². The average Bonchev–Trinajstić information content (AvgIpc) is 3.32. The maximum Gasteiger partial charge on any atom is 0.251 e. The molecule has 1 unspecified atom stereocenters. The molecule has 2 heterocycles. The number of amides is 2. The number of para-hydroxylation sites is 2. The Balaban J connectivity index is 1.41. The molecule has 0 bridgehead atoms. The lowest BCUT2D eigenvalue weighted by molar-refractivity contribution is -0.120. The number of fused-ring (bicyclic) bond motifs is 1. The SMILES string of the molecule is NC(=O)c1ccc(-c2nnn(CC(=O)N3c4ccccc4OCC3c3ccccc3)n2)cc1. The predicted molar refractivity (Wildman–Crippen MR) is 120 cm³/mol. The first-order valence-electron chi connectivity index (χ1n) is 10.4. The van der Waals surface area contributed by atoms with Gasteiger partial charge in [-0.05, 0) is 35.0 Å². The quantitative estimate of drug-likeness (QED) is 0.510. The van der Waals surface area contributed by atoms with Crippen molar-refractivity contribution in [3.05, 3.63) is 90.0 Å². The molecule has 0 aliphatic carbocycles. The summed E-state index contributed by atoms with van der Waals surface area (Å²) in [5.74, 6) is 0.302. The summed E-state index contributed by atoms with van der Waals surface area (Å²) in [6.45, 7) is 0.249. The minimum Gasteiger partial charge on any atom is -0.489 e. The minimum absolute atomic E-state index is 0.0932. The minimum atomic E-state index is -0.512. The Labute approximate surface area is 189 Å². The van der Waals surface area contributed by atoms with Gasteiger partial charge in [-0.15, -0.1) is 10.2 Å². The summed E-state index contributed by atoms with van der Waals surface area (Å²) in [5.41, 5.74) is 8.01. The second-order valence-corrected chi connectivity index (χ2v) is 7.55. The van der Waals surface area contributed by atoms with Gasteiger partial charge in [0.1, 0.15) is 18.9 Å². The second kappa shape index (κ2) is 8.54. The van der Waals surface area contributed by atoms with Crippen molar-refractivity contribution in [2.75, 3.05) is 11.5 Å². The molecule has 164 valence electrons. The van der Waals surface area contributed by atoms with E-state index in [-0.39, 0.29) is 18.5 Å². The van der Waals surface area contributed by atoms with Crippen LogP contribution in [-0.4, -0.2) is 38.6 Å². The normalized spacial score (nSPS) is 14.9. The number of ether oxygens (including phenoxy) is 1. The number of anilines is 1. The van der Waals surface area contributed by atoms with Crippen molar-refractivity contribution in [1.82, 2.24) is 20.2 Å². The predicted octanol–water partition coefficient (Wildman–Crippen LogP) is 2.61. The van der Waals surface area contributed by atoms with E-state index in [0.717, 1.165) is 5.56 Å². The van der Waals surface area contributed by atoms with Crippen LogP contribution in [0.25, 0.3) is 11.4 Å². The molecule has 1 aliphatic heterocycles.